The predicted octanol–water partition coefficient (Wildman–Crippen LogP) is 2.64. The van der Waals surface area contributed by atoms with Gasteiger partial charge in [-0.1, -0.05) is 6.92 Å². The van der Waals surface area contributed by atoms with Gasteiger partial charge in [0.1, 0.15) is 5.69 Å². The van der Waals surface area contributed by atoms with Crippen LogP contribution in [0.2, 0.25) is 0 Å². The predicted molar refractivity (Wildman–Crippen MR) is 136 cm³/mol. The van der Waals surface area contributed by atoms with Crippen molar-refractivity contribution in [2.75, 3.05) is 26.4 Å². The molecule has 3 aromatic heterocycles. The zero-order chi connectivity index (χ0) is 25.9. The third-order valence-corrected chi connectivity index (χ3v) is 7.33. The fourth-order valence-corrected chi connectivity index (χ4v) is 5.16. The van der Waals surface area contributed by atoms with Crippen LogP contribution in [0.3, 0.4) is 0 Å². The van der Waals surface area contributed by atoms with Crippen molar-refractivity contribution in [1.29, 1.82) is 0 Å². The molecule has 0 unspecified atom stereocenters. The van der Waals surface area contributed by atoms with Gasteiger partial charge in [-0.15, -0.1) is 0 Å². The Hall–Kier alpha value is -3.05. The summed E-state index contributed by atoms with van der Waals surface area (Å²) in [5, 5.41) is 4.57. The minimum atomic E-state index is -3.35. The number of pyridine rings is 1. The number of likely N-dealkylation sites (N-methyl/N-ethyl adjacent to an activating group) is 1. The number of aromatic nitrogens is 5. The van der Waals surface area contributed by atoms with E-state index in [1.54, 1.807) is 32.3 Å². The molecule has 0 aliphatic heterocycles. The molecule has 0 aliphatic carbocycles. The Morgan fingerprint density at radius 3 is 2.46 bits per heavy atom. The van der Waals surface area contributed by atoms with Crippen LogP contribution in [-0.2, 0) is 29.2 Å². The summed E-state index contributed by atoms with van der Waals surface area (Å²) < 4.78 is 34.5. The lowest BCUT2D eigenvalue weighted by Crippen LogP contribution is -2.19. The van der Waals surface area contributed by atoms with Gasteiger partial charge in [-0.05, 0) is 53.4 Å². The topological polar surface area (TPSA) is 112 Å². The molecule has 11 heteroatoms. The highest BCUT2D eigenvalue weighted by Gasteiger charge is 2.19. The molecule has 3 heterocycles. The van der Waals surface area contributed by atoms with Crippen LogP contribution in [-0.4, -0.2) is 64.0 Å². The molecule has 0 atom stereocenters. The first-order chi connectivity index (χ1) is 16.4. The van der Waals surface area contributed by atoms with Crippen LogP contribution in [0.15, 0.2) is 23.1 Å². The van der Waals surface area contributed by atoms with Crippen molar-refractivity contribution in [2.24, 2.45) is 7.05 Å². The van der Waals surface area contributed by atoms with Gasteiger partial charge in [0.15, 0.2) is 15.6 Å². The van der Waals surface area contributed by atoms with Crippen molar-refractivity contribution in [2.45, 2.75) is 46.4 Å². The Kier molecular flexibility index (Phi) is 8.11. The molecule has 35 heavy (non-hydrogen) atoms. The molecule has 0 aromatic carbocycles. The molecule has 0 bridgehead atoms. The van der Waals surface area contributed by atoms with Gasteiger partial charge in [0, 0.05) is 30.9 Å². The zero-order valence-corrected chi connectivity index (χ0v) is 22.3. The summed E-state index contributed by atoms with van der Waals surface area (Å²) in [6, 6.07) is 3.41. The van der Waals surface area contributed by atoms with Gasteiger partial charge in [-0.2, -0.15) is 15.1 Å². The maximum atomic E-state index is 12.5. The number of sulfone groups is 1. The summed E-state index contributed by atoms with van der Waals surface area (Å²) in [6.07, 6.45) is 2.19. The quantitative estimate of drug-likeness (QED) is 0.416. The lowest BCUT2D eigenvalue weighted by atomic mass is 10.1. The van der Waals surface area contributed by atoms with E-state index in [1.165, 1.54) is 4.57 Å². The summed E-state index contributed by atoms with van der Waals surface area (Å²) in [7, 11) is 2.31. The normalized spacial score (nSPS) is 11.9. The summed E-state index contributed by atoms with van der Waals surface area (Å²) in [4.78, 5) is 23.2. The first kappa shape index (κ1) is 26.6. The van der Waals surface area contributed by atoms with Crippen molar-refractivity contribution in [3.05, 3.63) is 51.3 Å². The summed E-state index contributed by atoms with van der Waals surface area (Å²) in [6.45, 7) is 8.83. The maximum absolute atomic E-state index is 12.5. The van der Waals surface area contributed by atoms with Crippen LogP contribution >= 0.6 is 0 Å². The molecule has 0 saturated carbocycles. The van der Waals surface area contributed by atoms with Gasteiger partial charge in [0.25, 0.3) is 5.56 Å². The third kappa shape index (κ3) is 6.55. The molecule has 3 rings (SSSR count). The van der Waals surface area contributed by atoms with E-state index in [0.717, 1.165) is 12.2 Å². The van der Waals surface area contributed by atoms with Gasteiger partial charge in [0.2, 0.25) is 0 Å². The van der Waals surface area contributed by atoms with E-state index < -0.39 is 9.84 Å². The average Bonchev–Trinajstić information content (AvgIpc) is 3.02. The molecular formula is C24H34N6O4S. The van der Waals surface area contributed by atoms with Crippen LogP contribution in [0.1, 0.15) is 36.0 Å². The molecule has 0 N–H and O–H groups in total. The molecule has 0 amide bonds. The molecule has 0 aliphatic rings. The number of aryl methyl sites for hydroxylation is 3. The van der Waals surface area contributed by atoms with Gasteiger partial charge < -0.3 is 14.2 Å². The molecule has 0 fully saturated rings. The fraction of sp³-hybridized carbons (Fsp3) is 0.500. The lowest BCUT2D eigenvalue weighted by Gasteiger charge is -2.12. The van der Waals surface area contributed by atoms with Gasteiger partial charge in [-0.3, -0.25) is 9.48 Å². The van der Waals surface area contributed by atoms with Gasteiger partial charge in [0.05, 0.1) is 35.1 Å². The highest BCUT2D eigenvalue weighted by atomic mass is 32.2. The second kappa shape index (κ2) is 10.7. The number of rotatable bonds is 10. The molecule has 0 saturated heterocycles. The minimum absolute atomic E-state index is 0.0362. The van der Waals surface area contributed by atoms with Crippen LogP contribution in [0, 0.1) is 20.8 Å². The second-order valence-corrected chi connectivity index (χ2v) is 11.3. The second-order valence-electron chi connectivity index (χ2n) is 9.08. The summed E-state index contributed by atoms with van der Waals surface area (Å²) in [5.74, 6) is 0.385. The van der Waals surface area contributed by atoms with Crippen molar-refractivity contribution in [3.63, 3.8) is 0 Å². The molecule has 10 nitrogen and oxygen atoms in total. The largest absolute Gasteiger partial charge is 0.420 e. The van der Waals surface area contributed by atoms with Crippen molar-refractivity contribution < 1.29 is 13.2 Å². The fourth-order valence-electron chi connectivity index (χ4n) is 3.80. The smallest absolute Gasteiger partial charge is 0.322 e. The Morgan fingerprint density at radius 1 is 1.11 bits per heavy atom. The third-order valence-electron chi connectivity index (χ3n) is 5.57. The molecule has 0 spiro atoms. The van der Waals surface area contributed by atoms with Crippen LogP contribution in [0.4, 0.5) is 0 Å². The minimum Gasteiger partial charge on any atom is -0.420 e. The Labute approximate surface area is 206 Å². The van der Waals surface area contributed by atoms with Crippen molar-refractivity contribution in [1.82, 2.24) is 29.2 Å². The SMILES string of the molecule is CCCS(=O)(=O)Cc1cc(-c2cc(C)c(=O)n(C)c2)nc(Oc2c(C)nn(CCN(C)C)c2C)n1. The van der Waals surface area contributed by atoms with E-state index in [4.69, 9.17) is 4.74 Å². The lowest BCUT2D eigenvalue weighted by molar-refractivity contribution is 0.369. The molecule has 3 aromatic rings. The first-order valence-corrected chi connectivity index (χ1v) is 13.3. The zero-order valence-electron chi connectivity index (χ0n) is 21.5. The van der Waals surface area contributed by atoms with E-state index in [1.807, 2.05) is 39.5 Å². The van der Waals surface area contributed by atoms with Gasteiger partial charge in [-0.25, -0.2) is 8.42 Å². The van der Waals surface area contributed by atoms with Crippen molar-refractivity contribution in [3.8, 4) is 23.0 Å². The number of nitrogens with zero attached hydrogens (tertiary/aromatic N) is 6. The van der Waals surface area contributed by atoms with E-state index in [9.17, 15) is 13.2 Å². The average molecular weight is 503 g/mol. The molecule has 0 radical (unpaired) electrons. The van der Waals surface area contributed by atoms with Crippen LogP contribution in [0.25, 0.3) is 11.3 Å². The maximum Gasteiger partial charge on any atom is 0.322 e. The Balaban J connectivity index is 2.07. The Bertz CT molecular complexity index is 1350. The summed E-state index contributed by atoms with van der Waals surface area (Å²) >= 11 is 0. The first-order valence-electron chi connectivity index (χ1n) is 11.5. The van der Waals surface area contributed by atoms with E-state index >= 15 is 0 Å². The monoisotopic (exact) mass is 502 g/mol. The van der Waals surface area contributed by atoms with Crippen LogP contribution in [0.5, 0.6) is 11.8 Å². The van der Waals surface area contributed by atoms with E-state index in [2.05, 4.69) is 20.0 Å². The van der Waals surface area contributed by atoms with Crippen LogP contribution < -0.4 is 10.3 Å². The van der Waals surface area contributed by atoms with Gasteiger partial charge >= 0.3 is 6.01 Å². The molecule has 190 valence electrons. The highest BCUT2D eigenvalue weighted by Crippen LogP contribution is 2.29. The number of hydrogen-bond donors (Lipinski definition) is 0. The van der Waals surface area contributed by atoms with E-state index in [-0.39, 0.29) is 23.1 Å². The Morgan fingerprint density at radius 2 is 1.83 bits per heavy atom. The van der Waals surface area contributed by atoms with Crippen molar-refractivity contribution >= 4 is 9.84 Å². The highest BCUT2D eigenvalue weighted by molar-refractivity contribution is 7.90. The summed E-state index contributed by atoms with van der Waals surface area (Å²) in [5.41, 5.74) is 3.44. The van der Waals surface area contributed by atoms with E-state index in [0.29, 0.717) is 46.9 Å². The number of ether oxygens (including phenoxy) is 1. The standard InChI is InChI=1S/C24H34N6O4S/c1-8-11-35(32,33)15-20-13-21(19-12-16(2)23(31)29(7)14-19)26-24(25-20)34-22-17(3)27-30(18(22)4)10-9-28(5)6/h12-14H,8-11,15H2,1-7H3. The molecular weight excluding hydrogens is 468 g/mol. The number of hydrogen-bond acceptors (Lipinski definition) is 8.